The van der Waals surface area contributed by atoms with Gasteiger partial charge in [-0.05, 0) is 69.1 Å². The van der Waals surface area contributed by atoms with Crippen molar-refractivity contribution < 1.29 is 0 Å². The Bertz CT molecular complexity index is 272. The van der Waals surface area contributed by atoms with Gasteiger partial charge in [0.15, 0.2) is 0 Å². The molecule has 0 saturated heterocycles. The molecule has 0 heterocycles. The highest BCUT2D eigenvalue weighted by Gasteiger charge is 2.22. The highest BCUT2D eigenvalue weighted by Crippen LogP contribution is 2.36. The molecule has 0 bridgehead atoms. The van der Waals surface area contributed by atoms with Crippen LogP contribution in [0, 0.1) is 23.7 Å². The quantitative estimate of drug-likeness (QED) is 0.517. The standard InChI is InChI=1S/C19H34/c1-4-5-17-8-10-18(11-9-17)14-16(3)19-12-6-15(2)7-13-19/h14-15,17-19H,4-13H2,1-3H3/b16-14+. The summed E-state index contributed by atoms with van der Waals surface area (Å²) in [4.78, 5) is 0. The van der Waals surface area contributed by atoms with Crippen LogP contribution in [0.4, 0.5) is 0 Å². The van der Waals surface area contributed by atoms with Crippen molar-refractivity contribution in [2.45, 2.75) is 85.0 Å². The molecule has 2 aliphatic carbocycles. The van der Waals surface area contributed by atoms with Crippen LogP contribution in [-0.2, 0) is 0 Å². The van der Waals surface area contributed by atoms with Gasteiger partial charge in [0.25, 0.3) is 0 Å². The van der Waals surface area contributed by atoms with Gasteiger partial charge in [-0.25, -0.2) is 0 Å². The van der Waals surface area contributed by atoms with Crippen LogP contribution in [0.2, 0.25) is 0 Å². The fourth-order valence-electron chi connectivity index (χ4n) is 4.28. The Labute approximate surface area is 121 Å². The van der Waals surface area contributed by atoms with E-state index in [1.54, 1.807) is 5.57 Å². The summed E-state index contributed by atoms with van der Waals surface area (Å²) in [6.45, 7) is 7.17. The lowest BCUT2D eigenvalue weighted by molar-refractivity contribution is 0.288. The van der Waals surface area contributed by atoms with E-state index in [1.165, 1.54) is 64.2 Å². The zero-order valence-corrected chi connectivity index (χ0v) is 13.5. The van der Waals surface area contributed by atoms with E-state index in [0.717, 1.165) is 23.7 Å². The number of rotatable bonds is 4. The summed E-state index contributed by atoms with van der Waals surface area (Å²) in [5.41, 5.74) is 1.73. The van der Waals surface area contributed by atoms with Gasteiger partial charge in [-0.15, -0.1) is 0 Å². The van der Waals surface area contributed by atoms with Crippen molar-refractivity contribution in [3.05, 3.63) is 11.6 Å². The van der Waals surface area contributed by atoms with Gasteiger partial charge in [-0.3, -0.25) is 0 Å². The van der Waals surface area contributed by atoms with E-state index in [2.05, 4.69) is 26.8 Å². The van der Waals surface area contributed by atoms with Crippen LogP contribution >= 0.6 is 0 Å². The molecular weight excluding hydrogens is 228 g/mol. The van der Waals surface area contributed by atoms with Gasteiger partial charge in [0.2, 0.25) is 0 Å². The van der Waals surface area contributed by atoms with Crippen LogP contribution in [0.25, 0.3) is 0 Å². The number of allylic oxidation sites excluding steroid dienone is 2. The third-order valence-corrected chi connectivity index (χ3v) is 5.75. The van der Waals surface area contributed by atoms with Crippen molar-refractivity contribution in [3.63, 3.8) is 0 Å². The van der Waals surface area contributed by atoms with Gasteiger partial charge >= 0.3 is 0 Å². The Morgan fingerprint density at radius 3 is 2.16 bits per heavy atom. The van der Waals surface area contributed by atoms with Crippen molar-refractivity contribution in [3.8, 4) is 0 Å². The SMILES string of the molecule is CCCC1CCC(/C=C(\C)C2CCC(C)CC2)CC1. The highest BCUT2D eigenvalue weighted by molar-refractivity contribution is 5.07. The molecule has 19 heavy (non-hydrogen) atoms. The molecule has 0 nitrogen and oxygen atoms in total. The van der Waals surface area contributed by atoms with Gasteiger partial charge in [-0.1, -0.05) is 51.2 Å². The van der Waals surface area contributed by atoms with Crippen molar-refractivity contribution in [1.29, 1.82) is 0 Å². The van der Waals surface area contributed by atoms with Crippen LogP contribution < -0.4 is 0 Å². The third kappa shape index (κ3) is 4.65. The van der Waals surface area contributed by atoms with Crippen LogP contribution in [0.1, 0.15) is 85.0 Å². The van der Waals surface area contributed by atoms with Crippen LogP contribution in [0.3, 0.4) is 0 Å². The van der Waals surface area contributed by atoms with Gasteiger partial charge < -0.3 is 0 Å². The second-order valence-electron chi connectivity index (χ2n) is 7.44. The fraction of sp³-hybridized carbons (Fsp3) is 0.895. The van der Waals surface area contributed by atoms with E-state index in [0.29, 0.717) is 0 Å². The molecule has 2 aliphatic rings. The van der Waals surface area contributed by atoms with E-state index in [4.69, 9.17) is 0 Å². The third-order valence-electron chi connectivity index (χ3n) is 5.75. The van der Waals surface area contributed by atoms with Crippen LogP contribution in [-0.4, -0.2) is 0 Å². The second kappa shape index (κ2) is 7.50. The molecule has 110 valence electrons. The van der Waals surface area contributed by atoms with Gasteiger partial charge in [0, 0.05) is 0 Å². The normalized spacial score (nSPS) is 37.3. The zero-order valence-electron chi connectivity index (χ0n) is 13.5. The largest absolute Gasteiger partial charge is 0.0822 e. The first-order valence-corrected chi connectivity index (χ1v) is 8.87. The van der Waals surface area contributed by atoms with Crippen molar-refractivity contribution in [1.82, 2.24) is 0 Å². The van der Waals surface area contributed by atoms with Crippen LogP contribution in [0.5, 0.6) is 0 Å². The van der Waals surface area contributed by atoms with Crippen LogP contribution in [0.15, 0.2) is 11.6 Å². The first-order chi connectivity index (χ1) is 9.19. The van der Waals surface area contributed by atoms with E-state index in [-0.39, 0.29) is 0 Å². The molecule has 0 aromatic carbocycles. The average Bonchev–Trinajstić information content (AvgIpc) is 2.42. The minimum Gasteiger partial charge on any atom is -0.0822 e. The Morgan fingerprint density at radius 1 is 0.947 bits per heavy atom. The maximum atomic E-state index is 2.67. The summed E-state index contributed by atoms with van der Waals surface area (Å²) in [6, 6.07) is 0. The molecule has 0 aromatic heterocycles. The number of hydrogen-bond acceptors (Lipinski definition) is 0. The van der Waals surface area contributed by atoms with E-state index < -0.39 is 0 Å². The second-order valence-corrected chi connectivity index (χ2v) is 7.44. The number of hydrogen-bond donors (Lipinski definition) is 0. The summed E-state index contributed by atoms with van der Waals surface area (Å²) in [6.07, 6.45) is 17.2. The predicted octanol–water partition coefficient (Wildman–Crippen LogP) is 6.37. The Hall–Kier alpha value is -0.260. The molecule has 2 fully saturated rings. The molecule has 0 unspecified atom stereocenters. The van der Waals surface area contributed by atoms with Gasteiger partial charge in [-0.2, -0.15) is 0 Å². The van der Waals surface area contributed by atoms with Crippen molar-refractivity contribution in [2.75, 3.05) is 0 Å². The average molecular weight is 262 g/mol. The summed E-state index contributed by atoms with van der Waals surface area (Å²) in [5, 5.41) is 0. The first kappa shape index (κ1) is 15.1. The van der Waals surface area contributed by atoms with Crippen molar-refractivity contribution in [2.24, 2.45) is 23.7 Å². The molecule has 0 heteroatoms. The molecule has 0 radical (unpaired) electrons. The molecule has 2 rings (SSSR count). The van der Waals surface area contributed by atoms with E-state index in [9.17, 15) is 0 Å². The molecule has 0 aromatic rings. The molecule has 0 N–H and O–H groups in total. The molecule has 0 atom stereocenters. The predicted molar refractivity (Wildman–Crippen MR) is 85.2 cm³/mol. The summed E-state index contributed by atoms with van der Waals surface area (Å²) in [7, 11) is 0. The molecule has 2 saturated carbocycles. The van der Waals surface area contributed by atoms with E-state index in [1.807, 2.05) is 0 Å². The summed E-state index contributed by atoms with van der Waals surface area (Å²) in [5.74, 6) is 3.86. The molecule has 0 aliphatic heterocycles. The van der Waals surface area contributed by atoms with Gasteiger partial charge in [0.05, 0.1) is 0 Å². The lowest BCUT2D eigenvalue weighted by Crippen LogP contribution is -2.16. The molecule has 0 spiro atoms. The van der Waals surface area contributed by atoms with Gasteiger partial charge in [0.1, 0.15) is 0 Å². The minimum atomic E-state index is 0.910. The zero-order chi connectivity index (χ0) is 13.7. The highest BCUT2D eigenvalue weighted by atomic mass is 14.3. The Kier molecular flexibility index (Phi) is 5.98. The maximum absolute atomic E-state index is 2.67. The maximum Gasteiger partial charge on any atom is -0.0206 e. The Morgan fingerprint density at radius 2 is 1.58 bits per heavy atom. The summed E-state index contributed by atoms with van der Waals surface area (Å²) >= 11 is 0. The summed E-state index contributed by atoms with van der Waals surface area (Å²) < 4.78 is 0. The lowest BCUT2D eigenvalue weighted by atomic mass is 9.76. The molecule has 0 amide bonds. The monoisotopic (exact) mass is 262 g/mol. The Balaban J connectivity index is 1.78. The molecular formula is C19H34. The lowest BCUT2D eigenvalue weighted by Gasteiger charge is -2.30. The topological polar surface area (TPSA) is 0 Å². The first-order valence-electron chi connectivity index (χ1n) is 8.87. The van der Waals surface area contributed by atoms with Crippen molar-refractivity contribution >= 4 is 0 Å². The fourth-order valence-corrected chi connectivity index (χ4v) is 4.28. The minimum absolute atomic E-state index is 0.910. The smallest absolute Gasteiger partial charge is 0.0206 e. The van der Waals surface area contributed by atoms with E-state index >= 15 is 0 Å².